The van der Waals surface area contributed by atoms with Crippen LogP contribution in [0.3, 0.4) is 0 Å². The second kappa shape index (κ2) is 9.36. The highest BCUT2D eigenvalue weighted by molar-refractivity contribution is 5.90. The van der Waals surface area contributed by atoms with Crippen molar-refractivity contribution < 1.29 is 9.47 Å². The molecule has 2 aliphatic rings. The number of fused-ring (bicyclic) bond motifs is 1. The van der Waals surface area contributed by atoms with Gasteiger partial charge in [0.05, 0.1) is 36.5 Å². The van der Waals surface area contributed by atoms with Crippen molar-refractivity contribution in [1.29, 1.82) is 0 Å². The van der Waals surface area contributed by atoms with Gasteiger partial charge in [-0.05, 0) is 37.6 Å². The molecule has 2 saturated heterocycles. The lowest BCUT2D eigenvalue weighted by Gasteiger charge is -2.36. The first-order chi connectivity index (χ1) is 16.1. The van der Waals surface area contributed by atoms with Crippen molar-refractivity contribution in [2.24, 2.45) is 5.18 Å². The lowest BCUT2D eigenvalue weighted by atomic mass is 10.1. The Morgan fingerprint density at radius 2 is 1.79 bits per heavy atom. The van der Waals surface area contributed by atoms with Crippen LogP contribution in [0.2, 0.25) is 0 Å². The smallest absolute Gasteiger partial charge is 0.229 e. The summed E-state index contributed by atoms with van der Waals surface area (Å²) in [5.41, 5.74) is 3.25. The van der Waals surface area contributed by atoms with Gasteiger partial charge in [0.1, 0.15) is 12.4 Å². The van der Waals surface area contributed by atoms with E-state index >= 15 is 0 Å². The first kappa shape index (κ1) is 21.7. The van der Waals surface area contributed by atoms with Crippen LogP contribution in [-0.4, -0.2) is 66.6 Å². The number of benzene rings is 1. The molecule has 172 valence electrons. The molecule has 2 unspecified atom stereocenters. The Balaban J connectivity index is 1.60. The number of rotatable bonds is 5. The van der Waals surface area contributed by atoms with Crippen LogP contribution in [0.25, 0.3) is 22.3 Å². The van der Waals surface area contributed by atoms with Gasteiger partial charge >= 0.3 is 0 Å². The highest BCUT2D eigenvalue weighted by Crippen LogP contribution is 2.30. The average Bonchev–Trinajstić information content (AvgIpc) is 2.83. The average molecular weight is 449 g/mol. The fourth-order valence-electron chi connectivity index (χ4n) is 4.55. The van der Waals surface area contributed by atoms with Crippen LogP contribution in [-0.2, 0) is 16.0 Å². The van der Waals surface area contributed by atoms with E-state index in [1.54, 1.807) is 0 Å². The first-order valence-electron chi connectivity index (χ1n) is 11.4. The van der Waals surface area contributed by atoms with E-state index in [4.69, 9.17) is 24.4 Å². The van der Waals surface area contributed by atoms with E-state index in [-0.39, 0.29) is 18.8 Å². The number of ether oxygens (including phenoxy) is 2. The largest absolute Gasteiger partial charge is 0.378 e. The van der Waals surface area contributed by atoms with Gasteiger partial charge in [0, 0.05) is 31.7 Å². The monoisotopic (exact) mass is 448 g/mol. The fourth-order valence-corrected chi connectivity index (χ4v) is 4.55. The number of hydrogen-bond donors (Lipinski definition) is 0. The number of hydrogen-bond acceptors (Lipinski definition) is 9. The Bertz CT molecular complexity index is 1140. The Hall–Kier alpha value is -3.17. The van der Waals surface area contributed by atoms with Gasteiger partial charge in [-0.2, -0.15) is 14.9 Å². The van der Waals surface area contributed by atoms with Gasteiger partial charge in [-0.15, -0.1) is 0 Å². The van der Waals surface area contributed by atoms with E-state index in [2.05, 4.69) is 28.8 Å². The van der Waals surface area contributed by atoms with Gasteiger partial charge in [-0.1, -0.05) is 23.4 Å². The Morgan fingerprint density at radius 3 is 2.55 bits per heavy atom. The molecule has 0 radical (unpaired) electrons. The maximum absolute atomic E-state index is 10.7. The first-order valence-corrected chi connectivity index (χ1v) is 11.4. The van der Waals surface area contributed by atoms with Crippen LogP contribution in [0.15, 0.2) is 41.6 Å². The van der Waals surface area contributed by atoms with E-state index < -0.39 is 0 Å². The molecule has 5 rings (SSSR count). The molecule has 2 atom stereocenters. The highest BCUT2D eigenvalue weighted by atomic mass is 16.5. The van der Waals surface area contributed by atoms with Gasteiger partial charge in [-0.3, -0.25) is 0 Å². The minimum atomic E-state index is 0.105. The normalized spacial score (nSPS) is 21.4. The van der Waals surface area contributed by atoms with Gasteiger partial charge in [0.2, 0.25) is 5.95 Å². The summed E-state index contributed by atoms with van der Waals surface area (Å²) in [5, 5.41) is 3.93. The highest BCUT2D eigenvalue weighted by Gasteiger charge is 2.26. The Morgan fingerprint density at radius 1 is 1.00 bits per heavy atom. The summed E-state index contributed by atoms with van der Waals surface area (Å²) in [7, 11) is 0. The number of morpholine rings is 2. The van der Waals surface area contributed by atoms with E-state index in [9.17, 15) is 4.91 Å². The van der Waals surface area contributed by atoms with Crippen molar-refractivity contribution in [1.82, 2.24) is 15.0 Å². The van der Waals surface area contributed by atoms with Gasteiger partial charge < -0.3 is 19.3 Å². The standard InChI is InChI=1S/C24H28N6O3/c1-16-14-30(15-17(2)33-16)24-27-22-20(23(28-24)29-8-10-32-11-9-29)6-7-21(26-22)19-5-3-4-18(12-19)13-25-31/h3-7,12,16-17H,8-11,13-15H2,1-2H3. The maximum Gasteiger partial charge on any atom is 0.229 e. The van der Waals surface area contributed by atoms with Crippen molar-refractivity contribution in [3.8, 4) is 11.3 Å². The molecule has 33 heavy (non-hydrogen) atoms. The molecule has 2 aliphatic heterocycles. The van der Waals surface area contributed by atoms with Crippen molar-refractivity contribution >= 4 is 22.8 Å². The van der Waals surface area contributed by atoms with Gasteiger partial charge in [-0.25, -0.2) is 4.98 Å². The fraction of sp³-hybridized carbons (Fsp3) is 0.458. The Kier molecular flexibility index (Phi) is 6.15. The minimum absolute atomic E-state index is 0.105. The molecule has 3 aromatic rings. The molecule has 0 saturated carbocycles. The zero-order valence-electron chi connectivity index (χ0n) is 19.0. The maximum atomic E-state index is 10.7. The molecule has 0 bridgehead atoms. The van der Waals surface area contributed by atoms with Crippen molar-refractivity contribution in [3.63, 3.8) is 0 Å². The predicted molar refractivity (Wildman–Crippen MR) is 128 cm³/mol. The summed E-state index contributed by atoms with van der Waals surface area (Å²) in [6, 6.07) is 11.8. The molecule has 0 amide bonds. The molecular weight excluding hydrogens is 420 g/mol. The molecule has 9 heteroatoms. The second-order valence-electron chi connectivity index (χ2n) is 8.66. The number of nitroso groups, excluding NO2 is 1. The van der Waals surface area contributed by atoms with Crippen LogP contribution in [0.4, 0.5) is 11.8 Å². The summed E-state index contributed by atoms with van der Waals surface area (Å²) in [6.07, 6.45) is 0.210. The van der Waals surface area contributed by atoms with Crippen molar-refractivity contribution in [2.75, 3.05) is 49.2 Å². The minimum Gasteiger partial charge on any atom is -0.378 e. The molecule has 2 aromatic heterocycles. The summed E-state index contributed by atoms with van der Waals surface area (Å²) >= 11 is 0. The molecule has 9 nitrogen and oxygen atoms in total. The van der Waals surface area contributed by atoms with Crippen LogP contribution in [0.1, 0.15) is 19.4 Å². The van der Waals surface area contributed by atoms with Crippen LogP contribution >= 0.6 is 0 Å². The lowest BCUT2D eigenvalue weighted by molar-refractivity contribution is -0.00570. The van der Waals surface area contributed by atoms with Gasteiger partial charge in [0.25, 0.3) is 0 Å². The summed E-state index contributed by atoms with van der Waals surface area (Å²) < 4.78 is 11.5. The zero-order chi connectivity index (χ0) is 22.8. The molecule has 0 spiro atoms. The third kappa shape index (κ3) is 4.65. The quantitative estimate of drug-likeness (QED) is 0.548. The zero-order valence-corrected chi connectivity index (χ0v) is 19.0. The topological polar surface area (TPSA) is 93.0 Å². The third-order valence-electron chi connectivity index (χ3n) is 6.01. The van der Waals surface area contributed by atoms with Crippen molar-refractivity contribution in [3.05, 3.63) is 46.9 Å². The Labute approximate surface area is 192 Å². The predicted octanol–water partition coefficient (Wildman–Crippen LogP) is 3.41. The summed E-state index contributed by atoms with van der Waals surface area (Å²) in [4.78, 5) is 30.0. The molecule has 0 N–H and O–H groups in total. The molecule has 1 aromatic carbocycles. The van der Waals surface area contributed by atoms with E-state index in [1.807, 2.05) is 36.4 Å². The SMILES string of the molecule is CC1CN(c2nc(N3CCOCC3)c3ccc(-c4cccc(CN=O)c4)nc3n2)CC(C)O1. The molecule has 2 fully saturated rings. The van der Waals surface area contributed by atoms with Crippen LogP contribution in [0, 0.1) is 4.91 Å². The molecule has 0 aliphatic carbocycles. The van der Waals surface area contributed by atoms with Crippen molar-refractivity contribution in [2.45, 2.75) is 32.6 Å². The van der Waals surface area contributed by atoms with E-state index in [0.29, 0.717) is 24.8 Å². The number of pyridine rings is 1. The molecule has 4 heterocycles. The lowest BCUT2D eigenvalue weighted by Crippen LogP contribution is -2.46. The summed E-state index contributed by atoms with van der Waals surface area (Å²) in [5.74, 6) is 1.57. The van der Waals surface area contributed by atoms with Gasteiger partial charge in [0.15, 0.2) is 5.65 Å². The van der Waals surface area contributed by atoms with E-state index in [1.165, 1.54) is 0 Å². The third-order valence-corrected chi connectivity index (χ3v) is 6.01. The number of aromatic nitrogens is 3. The van der Waals surface area contributed by atoms with Crippen LogP contribution in [0.5, 0.6) is 0 Å². The molecular formula is C24H28N6O3. The second-order valence-corrected chi connectivity index (χ2v) is 8.66. The summed E-state index contributed by atoms with van der Waals surface area (Å²) in [6.45, 7) is 8.67. The number of nitrogens with zero attached hydrogens (tertiary/aromatic N) is 6. The number of anilines is 2. The van der Waals surface area contributed by atoms with Crippen LogP contribution < -0.4 is 9.80 Å². The van der Waals surface area contributed by atoms with E-state index in [0.717, 1.165) is 54.2 Å².